The number of methoxy groups -OCH3 is 1. The largest absolute Gasteiger partial charge is 0.380 e. The number of carbonyl (C=O) groups is 1. The van der Waals surface area contributed by atoms with Gasteiger partial charge in [0.25, 0.3) is 0 Å². The van der Waals surface area contributed by atoms with E-state index in [-0.39, 0.29) is 24.1 Å². The molecule has 0 aliphatic carbocycles. The van der Waals surface area contributed by atoms with Crippen LogP contribution >= 0.6 is 0 Å². The summed E-state index contributed by atoms with van der Waals surface area (Å²) in [5, 5.41) is 6.26. The highest BCUT2D eigenvalue weighted by atomic mass is 16.5. The second-order valence-electron chi connectivity index (χ2n) is 5.14. The summed E-state index contributed by atoms with van der Waals surface area (Å²) < 4.78 is 5.26. The molecule has 2 rings (SSSR count). The molecule has 2 N–H and O–H groups in total. The Morgan fingerprint density at radius 3 is 2.84 bits per heavy atom. The van der Waals surface area contributed by atoms with E-state index >= 15 is 0 Å². The van der Waals surface area contributed by atoms with Gasteiger partial charge in [-0.2, -0.15) is 0 Å². The van der Waals surface area contributed by atoms with Gasteiger partial charge in [-0.25, -0.2) is 0 Å². The van der Waals surface area contributed by atoms with E-state index in [0.29, 0.717) is 0 Å². The third-order valence-electron chi connectivity index (χ3n) is 3.75. The normalized spacial score (nSPS) is 24.2. The Morgan fingerprint density at radius 1 is 1.47 bits per heavy atom. The molecular formula is C15H22N2O2. The maximum Gasteiger partial charge on any atom is 0.237 e. The number of amides is 1. The molecule has 0 saturated carbocycles. The molecule has 1 saturated heterocycles. The molecule has 4 heteroatoms. The standard InChI is InChI=1S/C15H22N2O2/c1-10-6-4-5-7-13(10)11(2)17-15(18)14-8-12(19-3)9-16-14/h4-7,11-12,14,16H,8-9H2,1-3H3,(H,17,18)/t11-,12?,14?/m0/s1. The number of benzene rings is 1. The fourth-order valence-electron chi connectivity index (χ4n) is 2.55. The first kappa shape index (κ1) is 14.0. The molecule has 4 nitrogen and oxygen atoms in total. The van der Waals surface area contributed by atoms with Gasteiger partial charge in [-0.3, -0.25) is 4.79 Å². The van der Waals surface area contributed by atoms with Crippen molar-refractivity contribution in [1.29, 1.82) is 0 Å². The summed E-state index contributed by atoms with van der Waals surface area (Å²) in [6, 6.07) is 8.01. The molecule has 0 radical (unpaired) electrons. The van der Waals surface area contributed by atoms with Crippen LogP contribution in [0.3, 0.4) is 0 Å². The van der Waals surface area contributed by atoms with Crippen molar-refractivity contribution >= 4 is 5.91 Å². The molecule has 1 aromatic carbocycles. The summed E-state index contributed by atoms with van der Waals surface area (Å²) in [4.78, 5) is 12.2. The molecule has 104 valence electrons. The van der Waals surface area contributed by atoms with Crippen molar-refractivity contribution < 1.29 is 9.53 Å². The number of nitrogens with one attached hydrogen (secondary N) is 2. The lowest BCUT2D eigenvalue weighted by Gasteiger charge is -2.19. The summed E-state index contributed by atoms with van der Waals surface area (Å²) in [5.41, 5.74) is 2.36. The van der Waals surface area contributed by atoms with Gasteiger partial charge in [0.1, 0.15) is 0 Å². The van der Waals surface area contributed by atoms with Gasteiger partial charge in [0.15, 0.2) is 0 Å². The van der Waals surface area contributed by atoms with Crippen LogP contribution in [0, 0.1) is 6.92 Å². The lowest BCUT2D eigenvalue weighted by Crippen LogP contribution is -2.41. The first-order valence-electron chi connectivity index (χ1n) is 6.74. The zero-order valence-electron chi connectivity index (χ0n) is 11.8. The number of ether oxygens (including phenoxy) is 1. The maximum atomic E-state index is 12.2. The topological polar surface area (TPSA) is 50.4 Å². The van der Waals surface area contributed by atoms with Crippen LogP contribution in [0.2, 0.25) is 0 Å². The van der Waals surface area contributed by atoms with E-state index in [1.165, 1.54) is 5.56 Å². The molecule has 0 spiro atoms. The highest BCUT2D eigenvalue weighted by molar-refractivity contribution is 5.82. The van der Waals surface area contributed by atoms with Gasteiger partial charge in [0, 0.05) is 13.7 Å². The van der Waals surface area contributed by atoms with E-state index in [0.717, 1.165) is 18.5 Å². The molecule has 3 atom stereocenters. The van der Waals surface area contributed by atoms with Crippen LogP contribution < -0.4 is 10.6 Å². The van der Waals surface area contributed by atoms with Gasteiger partial charge in [0.2, 0.25) is 5.91 Å². The third kappa shape index (κ3) is 3.33. The van der Waals surface area contributed by atoms with Crippen LogP contribution in [0.5, 0.6) is 0 Å². The van der Waals surface area contributed by atoms with Gasteiger partial charge < -0.3 is 15.4 Å². The molecule has 1 heterocycles. The van der Waals surface area contributed by atoms with Gasteiger partial charge in [-0.1, -0.05) is 24.3 Å². The quantitative estimate of drug-likeness (QED) is 0.865. The predicted molar refractivity (Wildman–Crippen MR) is 74.9 cm³/mol. The Hall–Kier alpha value is -1.39. The van der Waals surface area contributed by atoms with E-state index in [4.69, 9.17) is 4.74 Å². The minimum Gasteiger partial charge on any atom is -0.380 e. The van der Waals surface area contributed by atoms with Crippen LogP contribution in [0.25, 0.3) is 0 Å². The summed E-state index contributed by atoms with van der Waals surface area (Å²) in [5.74, 6) is 0.0512. The lowest BCUT2D eigenvalue weighted by molar-refractivity contribution is -0.123. The fraction of sp³-hybridized carbons (Fsp3) is 0.533. The van der Waals surface area contributed by atoms with E-state index in [9.17, 15) is 4.79 Å². The van der Waals surface area contributed by atoms with E-state index in [1.807, 2.05) is 19.1 Å². The Balaban J connectivity index is 1.94. The number of carbonyl (C=O) groups excluding carboxylic acids is 1. The second kappa shape index (κ2) is 6.17. The van der Waals surface area contributed by atoms with Gasteiger partial charge in [-0.05, 0) is 31.4 Å². The number of hydrogen-bond acceptors (Lipinski definition) is 3. The van der Waals surface area contributed by atoms with Crippen LogP contribution in [0.15, 0.2) is 24.3 Å². The van der Waals surface area contributed by atoms with Gasteiger partial charge in [-0.15, -0.1) is 0 Å². The van der Waals surface area contributed by atoms with Crippen LogP contribution in [-0.2, 0) is 9.53 Å². The van der Waals surface area contributed by atoms with Crippen LogP contribution in [0.1, 0.15) is 30.5 Å². The van der Waals surface area contributed by atoms with Crippen molar-refractivity contribution in [3.63, 3.8) is 0 Å². The molecule has 1 aromatic rings. The Morgan fingerprint density at radius 2 is 2.21 bits per heavy atom. The molecule has 1 aliphatic rings. The SMILES string of the molecule is COC1CNC(C(=O)N[C@@H](C)c2ccccc2C)C1. The van der Waals surface area contributed by atoms with Gasteiger partial charge in [0.05, 0.1) is 18.2 Å². The van der Waals surface area contributed by atoms with E-state index < -0.39 is 0 Å². The molecular weight excluding hydrogens is 240 g/mol. The minimum absolute atomic E-state index is 0.0251. The Labute approximate surface area is 114 Å². The zero-order chi connectivity index (χ0) is 13.8. The Kier molecular flexibility index (Phi) is 4.56. The first-order chi connectivity index (χ1) is 9.11. The van der Waals surface area contributed by atoms with E-state index in [2.05, 4.69) is 29.7 Å². The molecule has 0 bridgehead atoms. The molecule has 2 unspecified atom stereocenters. The minimum atomic E-state index is -0.142. The molecule has 19 heavy (non-hydrogen) atoms. The summed E-state index contributed by atoms with van der Waals surface area (Å²) >= 11 is 0. The van der Waals surface area contributed by atoms with Crippen molar-refractivity contribution in [2.45, 2.75) is 38.5 Å². The molecule has 1 amide bonds. The van der Waals surface area contributed by atoms with E-state index in [1.54, 1.807) is 7.11 Å². The number of rotatable bonds is 4. The van der Waals surface area contributed by atoms with Crippen molar-refractivity contribution in [1.82, 2.24) is 10.6 Å². The van der Waals surface area contributed by atoms with Crippen LogP contribution in [-0.4, -0.2) is 31.7 Å². The second-order valence-corrected chi connectivity index (χ2v) is 5.14. The van der Waals surface area contributed by atoms with Crippen LogP contribution in [0.4, 0.5) is 0 Å². The predicted octanol–water partition coefficient (Wildman–Crippen LogP) is 1.55. The molecule has 0 aromatic heterocycles. The van der Waals surface area contributed by atoms with Crippen molar-refractivity contribution in [2.24, 2.45) is 0 Å². The monoisotopic (exact) mass is 262 g/mol. The van der Waals surface area contributed by atoms with Crippen molar-refractivity contribution in [2.75, 3.05) is 13.7 Å². The molecule has 1 fully saturated rings. The van der Waals surface area contributed by atoms with Crippen molar-refractivity contribution in [3.8, 4) is 0 Å². The Bertz CT molecular complexity index is 448. The van der Waals surface area contributed by atoms with Crippen molar-refractivity contribution in [3.05, 3.63) is 35.4 Å². The average molecular weight is 262 g/mol. The lowest BCUT2D eigenvalue weighted by atomic mass is 10.0. The number of aryl methyl sites for hydroxylation is 1. The summed E-state index contributed by atoms with van der Waals surface area (Å²) in [7, 11) is 1.68. The third-order valence-corrected chi connectivity index (χ3v) is 3.75. The molecule has 1 aliphatic heterocycles. The summed E-state index contributed by atoms with van der Waals surface area (Å²) in [6.45, 7) is 4.82. The fourth-order valence-corrected chi connectivity index (χ4v) is 2.55. The maximum absolute atomic E-state index is 12.2. The van der Waals surface area contributed by atoms with Gasteiger partial charge >= 0.3 is 0 Å². The first-order valence-corrected chi connectivity index (χ1v) is 6.74. The highest BCUT2D eigenvalue weighted by Gasteiger charge is 2.30. The zero-order valence-corrected chi connectivity index (χ0v) is 11.8. The smallest absolute Gasteiger partial charge is 0.237 e. The highest BCUT2D eigenvalue weighted by Crippen LogP contribution is 2.17. The number of hydrogen-bond donors (Lipinski definition) is 2. The summed E-state index contributed by atoms with van der Waals surface area (Å²) in [6.07, 6.45) is 0.882. The average Bonchev–Trinajstić information content (AvgIpc) is 2.88.